The average Bonchev–Trinajstić information content (AvgIpc) is 2.24. The van der Waals surface area contributed by atoms with Gasteiger partial charge in [-0.2, -0.15) is 0 Å². The highest BCUT2D eigenvalue weighted by atomic mass is 35.5. The summed E-state index contributed by atoms with van der Waals surface area (Å²) in [6.07, 6.45) is 1.06. The summed E-state index contributed by atoms with van der Waals surface area (Å²) in [7, 11) is 4.15. The molecule has 0 aliphatic rings. The zero-order valence-electron chi connectivity index (χ0n) is 12.8. The summed E-state index contributed by atoms with van der Waals surface area (Å²) in [6.45, 7) is 9.43. The van der Waals surface area contributed by atoms with Crippen molar-refractivity contribution < 1.29 is 0 Å². The lowest BCUT2D eigenvalue weighted by Crippen LogP contribution is -2.24. The van der Waals surface area contributed by atoms with Crippen LogP contribution in [0.3, 0.4) is 0 Å². The molecule has 0 aliphatic heterocycles. The fraction of sp³-hybridized carbons (Fsp3) is 0.714. The molecule has 0 saturated heterocycles. The maximum Gasteiger partial charge on any atom is 0.137 e. The molecule has 1 unspecified atom stereocenters. The molecule has 5 heteroatoms. The minimum absolute atomic E-state index is 0.103. The Bertz CT molecular complexity index is 412. The van der Waals surface area contributed by atoms with Crippen LogP contribution in [0.5, 0.6) is 0 Å². The van der Waals surface area contributed by atoms with Gasteiger partial charge in [-0.1, -0.05) is 32.4 Å². The van der Waals surface area contributed by atoms with Crippen LogP contribution in [0, 0.1) is 0 Å². The lowest BCUT2D eigenvalue weighted by molar-refractivity contribution is 0.390. The lowest BCUT2D eigenvalue weighted by atomic mass is 9.96. The third-order valence-corrected chi connectivity index (χ3v) is 2.96. The van der Waals surface area contributed by atoms with E-state index in [1.54, 1.807) is 6.07 Å². The Hall–Kier alpha value is -0.870. The molecule has 1 N–H and O–H groups in total. The van der Waals surface area contributed by atoms with Crippen LogP contribution >= 0.6 is 11.6 Å². The van der Waals surface area contributed by atoms with Crippen molar-refractivity contribution in [2.75, 3.05) is 26.0 Å². The minimum Gasteiger partial charge on any atom is -0.367 e. The van der Waals surface area contributed by atoms with E-state index in [0.29, 0.717) is 11.2 Å². The van der Waals surface area contributed by atoms with Gasteiger partial charge in [-0.15, -0.1) is 0 Å². The predicted molar refractivity (Wildman–Crippen MR) is 82.0 cm³/mol. The number of nitrogens with one attached hydrogen (secondary N) is 1. The molecule has 0 aromatic carbocycles. The van der Waals surface area contributed by atoms with Crippen LogP contribution in [0.4, 0.5) is 5.82 Å². The number of nitrogens with zero attached hydrogens (tertiary/aromatic N) is 3. The van der Waals surface area contributed by atoms with Crippen molar-refractivity contribution in [1.82, 2.24) is 14.9 Å². The molecule has 0 spiro atoms. The van der Waals surface area contributed by atoms with Crippen LogP contribution < -0.4 is 5.32 Å². The van der Waals surface area contributed by atoms with E-state index in [1.165, 1.54) is 0 Å². The number of hydrogen-bond acceptors (Lipinski definition) is 4. The van der Waals surface area contributed by atoms with Crippen molar-refractivity contribution in [3.8, 4) is 0 Å². The Kier molecular flexibility index (Phi) is 5.56. The van der Waals surface area contributed by atoms with Crippen molar-refractivity contribution in [1.29, 1.82) is 0 Å². The molecule has 1 atom stereocenters. The first kappa shape index (κ1) is 16.2. The summed E-state index contributed by atoms with van der Waals surface area (Å²) in [4.78, 5) is 11.0. The van der Waals surface area contributed by atoms with E-state index in [4.69, 9.17) is 11.6 Å². The SMILES string of the molecule is CC(CCN(C)C)Nc1cc(Cl)nc(C(C)(C)C)n1. The molecule has 1 heterocycles. The van der Waals surface area contributed by atoms with Gasteiger partial charge in [0.05, 0.1) is 0 Å². The number of anilines is 1. The van der Waals surface area contributed by atoms with E-state index in [2.05, 4.69) is 62.0 Å². The Labute approximate surface area is 121 Å². The second-order valence-corrected chi connectivity index (χ2v) is 6.67. The van der Waals surface area contributed by atoms with Gasteiger partial charge in [0.1, 0.15) is 16.8 Å². The summed E-state index contributed by atoms with van der Waals surface area (Å²) < 4.78 is 0. The molecule has 1 rings (SSSR count). The third-order valence-electron chi connectivity index (χ3n) is 2.77. The van der Waals surface area contributed by atoms with Gasteiger partial charge >= 0.3 is 0 Å². The first-order valence-corrected chi connectivity index (χ1v) is 7.02. The van der Waals surface area contributed by atoms with E-state index in [-0.39, 0.29) is 5.41 Å². The standard InChI is InChI=1S/C14H25ClN4/c1-10(7-8-19(5)6)16-12-9-11(15)17-13(18-12)14(2,3)4/h9-10H,7-8H2,1-6H3,(H,16,17,18). The smallest absolute Gasteiger partial charge is 0.137 e. The van der Waals surface area contributed by atoms with Crippen molar-refractivity contribution in [2.45, 2.75) is 45.6 Å². The normalized spacial score (nSPS) is 13.7. The lowest BCUT2D eigenvalue weighted by Gasteiger charge is -2.20. The minimum atomic E-state index is -0.103. The highest BCUT2D eigenvalue weighted by Crippen LogP contribution is 2.22. The largest absolute Gasteiger partial charge is 0.367 e. The molecule has 0 saturated carbocycles. The molecular formula is C14H25ClN4. The summed E-state index contributed by atoms with van der Waals surface area (Å²) in [5.41, 5.74) is -0.103. The summed E-state index contributed by atoms with van der Waals surface area (Å²) >= 11 is 6.07. The Morgan fingerprint density at radius 3 is 2.47 bits per heavy atom. The summed E-state index contributed by atoms with van der Waals surface area (Å²) in [6, 6.07) is 2.13. The molecule has 1 aromatic heterocycles. The van der Waals surface area contributed by atoms with Crippen molar-refractivity contribution in [3.05, 3.63) is 17.0 Å². The van der Waals surface area contributed by atoms with Crippen LogP contribution in [0.25, 0.3) is 0 Å². The average molecular weight is 285 g/mol. The zero-order valence-corrected chi connectivity index (χ0v) is 13.5. The zero-order chi connectivity index (χ0) is 14.6. The van der Waals surface area contributed by atoms with Crippen LogP contribution in [0.1, 0.15) is 39.9 Å². The molecule has 108 valence electrons. The summed E-state index contributed by atoms with van der Waals surface area (Å²) in [5, 5.41) is 3.88. The number of hydrogen-bond donors (Lipinski definition) is 1. The van der Waals surface area contributed by atoms with Gasteiger partial charge in [0.15, 0.2) is 0 Å². The van der Waals surface area contributed by atoms with Crippen LogP contribution in [-0.2, 0) is 5.41 Å². The first-order valence-electron chi connectivity index (χ1n) is 6.65. The van der Waals surface area contributed by atoms with Crippen molar-refractivity contribution in [3.63, 3.8) is 0 Å². The second kappa shape index (κ2) is 6.53. The molecule has 0 radical (unpaired) electrons. The quantitative estimate of drug-likeness (QED) is 0.843. The van der Waals surface area contributed by atoms with Crippen molar-refractivity contribution in [2.24, 2.45) is 0 Å². The maximum absolute atomic E-state index is 6.07. The molecule has 4 nitrogen and oxygen atoms in total. The molecule has 0 aliphatic carbocycles. The van der Waals surface area contributed by atoms with Gasteiger partial charge in [-0.3, -0.25) is 0 Å². The van der Waals surface area contributed by atoms with Crippen LogP contribution in [-0.4, -0.2) is 41.5 Å². The molecule has 0 fully saturated rings. The Balaban J connectivity index is 2.76. The van der Waals surface area contributed by atoms with Crippen molar-refractivity contribution >= 4 is 17.4 Å². The van der Waals surface area contributed by atoms with Gasteiger partial charge in [0, 0.05) is 17.5 Å². The third kappa shape index (κ3) is 5.74. The topological polar surface area (TPSA) is 41.0 Å². The second-order valence-electron chi connectivity index (χ2n) is 6.29. The molecule has 1 aromatic rings. The van der Waals surface area contributed by atoms with Gasteiger partial charge in [-0.05, 0) is 34.0 Å². The number of halogens is 1. The van der Waals surface area contributed by atoms with E-state index < -0.39 is 0 Å². The number of aromatic nitrogens is 2. The molecule has 0 amide bonds. The summed E-state index contributed by atoms with van der Waals surface area (Å²) in [5.74, 6) is 1.57. The van der Waals surface area contributed by atoms with E-state index in [9.17, 15) is 0 Å². The van der Waals surface area contributed by atoms with E-state index in [1.807, 2.05) is 0 Å². The van der Waals surface area contributed by atoms with E-state index in [0.717, 1.165) is 24.6 Å². The maximum atomic E-state index is 6.07. The molecular weight excluding hydrogens is 260 g/mol. The van der Waals surface area contributed by atoms with Gasteiger partial charge in [0.25, 0.3) is 0 Å². The highest BCUT2D eigenvalue weighted by molar-refractivity contribution is 6.29. The van der Waals surface area contributed by atoms with Gasteiger partial charge in [-0.25, -0.2) is 9.97 Å². The van der Waals surface area contributed by atoms with E-state index >= 15 is 0 Å². The van der Waals surface area contributed by atoms with Crippen LogP contribution in [0.15, 0.2) is 6.07 Å². The molecule has 0 bridgehead atoms. The monoisotopic (exact) mass is 284 g/mol. The van der Waals surface area contributed by atoms with Gasteiger partial charge < -0.3 is 10.2 Å². The predicted octanol–water partition coefficient (Wildman–Crippen LogP) is 3.18. The van der Waals surface area contributed by atoms with Crippen LogP contribution in [0.2, 0.25) is 5.15 Å². The first-order chi connectivity index (χ1) is 8.68. The fourth-order valence-electron chi connectivity index (χ4n) is 1.60. The Morgan fingerprint density at radius 1 is 1.32 bits per heavy atom. The fourth-order valence-corrected chi connectivity index (χ4v) is 1.79. The number of rotatable bonds is 5. The van der Waals surface area contributed by atoms with Gasteiger partial charge in [0.2, 0.25) is 0 Å². The Morgan fingerprint density at radius 2 is 1.95 bits per heavy atom. The molecule has 19 heavy (non-hydrogen) atoms. The highest BCUT2D eigenvalue weighted by Gasteiger charge is 2.19.